The van der Waals surface area contributed by atoms with Crippen molar-refractivity contribution in [2.45, 2.75) is 38.9 Å². The number of nitrogens with zero attached hydrogens (tertiary/aromatic N) is 1. The quantitative estimate of drug-likeness (QED) is 0.448. The Balaban J connectivity index is 2.00. The van der Waals surface area contributed by atoms with E-state index in [-0.39, 0.29) is 0 Å². The van der Waals surface area contributed by atoms with Crippen LogP contribution in [0.25, 0.3) is 21.7 Å². The fourth-order valence-corrected chi connectivity index (χ4v) is 5.47. The van der Waals surface area contributed by atoms with Gasteiger partial charge in [-0.2, -0.15) is 0 Å². The third kappa shape index (κ3) is 2.84. The van der Waals surface area contributed by atoms with Crippen molar-refractivity contribution >= 4 is 29.7 Å². The van der Waals surface area contributed by atoms with Gasteiger partial charge in [0.1, 0.15) is 0 Å². The highest BCUT2D eigenvalue weighted by Gasteiger charge is 2.25. The second kappa shape index (κ2) is 5.94. The van der Waals surface area contributed by atoms with Crippen molar-refractivity contribution in [1.82, 2.24) is 9.55 Å². The van der Waals surface area contributed by atoms with Crippen LogP contribution in [0.5, 0.6) is 0 Å². The van der Waals surface area contributed by atoms with Crippen LogP contribution in [0.1, 0.15) is 29.8 Å². The summed E-state index contributed by atoms with van der Waals surface area (Å²) in [6.07, 6.45) is 5.62. The standard InChI is InChI=1S/C22H26N2Si/c1-24-14-8-13-20(24)21(25(2,3)4)15-16-9-7-11-18-17-10-5-6-12-19(17)23-22(16)18/h5-6,8,10,12-14,23H,7,9,11H2,1-4H3. The van der Waals surface area contributed by atoms with Crippen LogP contribution in [-0.2, 0) is 13.5 Å². The molecule has 0 saturated heterocycles. The van der Waals surface area contributed by atoms with Crippen LogP contribution in [0.15, 0.2) is 48.3 Å². The highest BCUT2D eigenvalue weighted by molar-refractivity contribution is 6.93. The SMILES string of the molecule is Cn1cccc1C(=C=C1CCCc2c1[nH]c1ccccc21)[Si](C)(C)C. The predicted molar refractivity (Wildman–Crippen MR) is 110 cm³/mol. The van der Waals surface area contributed by atoms with Gasteiger partial charge in [-0.25, -0.2) is 0 Å². The summed E-state index contributed by atoms with van der Waals surface area (Å²) in [5.74, 6) is 0. The molecular formula is C22H26N2Si. The van der Waals surface area contributed by atoms with Gasteiger partial charge >= 0.3 is 0 Å². The van der Waals surface area contributed by atoms with Crippen molar-refractivity contribution in [3.05, 3.63) is 65.3 Å². The van der Waals surface area contributed by atoms with Crippen LogP contribution in [-0.4, -0.2) is 17.6 Å². The Bertz CT molecular complexity index is 1000. The van der Waals surface area contributed by atoms with Crippen LogP contribution < -0.4 is 0 Å². The lowest BCUT2D eigenvalue weighted by atomic mass is 9.92. The van der Waals surface area contributed by atoms with E-state index in [4.69, 9.17) is 0 Å². The fraction of sp³-hybridized carbons (Fsp3) is 0.318. The van der Waals surface area contributed by atoms with Gasteiger partial charge in [-0.3, -0.25) is 0 Å². The van der Waals surface area contributed by atoms with Gasteiger partial charge in [0, 0.05) is 40.6 Å². The number of fused-ring (bicyclic) bond motifs is 3. The van der Waals surface area contributed by atoms with E-state index in [0.29, 0.717) is 0 Å². The molecule has 2 aromatic heterocycles. The molecule has 4 rings (SSSR count). The zero-order valence-electron chi connectivity index (χ0n) is 15.6. The maximum absolute atomic E-state index is 3.90. The average Bonchev–Trinajstić information content (AvgIpc) is 3.15. The summed E-state index contributed by atoms with van der Waals surface area (Å²) in [6, 6.07) is 13.1. The summed E-state index contributed by atoms with van der Waals surface area (Å²) in [6.45, 7) is 7.24. The van der Waals surface area contributed by atoms with Crippen molar-refractivity contribution in [3.8, 4) is 0 Å². The normalized spacial score (nSPS) is 14.5. The van der Waals surface area contributed by atoms with Gasteiger partial charge in [-0.1, -0.05) is 37.8 Å². The molecule has 0 unspecified atom stereocenters. The first-order valence-corrected chi connectivity index (χ1v) is 12.7. The van der Waals surface area contributed by atoms with Crippen molar-refractivity contribution in [1.29, 1.82) is 0 Å². The number of aryl methyl sites for hydroxylation is 2. The number of aromatic nitrogens is 2. The number of para-hydroxylation sites is 1. The topological polar surface area (TPSA) is 20.7 Å². The van der Waals surface area contributed by atoms with Crippen LogP contribution in [0, 0.1) is 0 Å². The molecule has 0 atom stereocenters. The predicted octanol–water partition coefficient (Wildman–Crippen LogP) is 5.79. The van der Waals surface area contributed by atoms with Gasteiger partial charge in [-0.15, -0.1) is 5.73 Å². The Morgan fingerprint density at radius 1 is 1.08 bits per heavy atom. The van der Waals surface area contributed by atoms with E-state index < -0.39 is 8.07 Å². The highest BCUT2D eigenvalue weighted by Crippen LogP contribution is 2.36. The summed E-state index contributed by atoms with van der Waals surface area (Å²) in [5.41, 5.74) is 10.6. The number of allylic oxidation sites excluding steroid dienone is 1. The lowest BCUT2D eigenvalue weighted by molar-refractivity contribution is 0.824. The number of hydrogen-bond donors (Lipinski definition) is 1. The molecule has 0 radical (unpaired) electrons. The lowest BCUT2D eigenvalue weighted by Crippen LogP contribution is -2.23. The number of benzene rings is 1. The number of nitrogens with one attached hydrogen (secondary N) is 1. The Labute approximate surface area is 150 Å². The number of H-pyrrole nitrogens is 1. The van der Waals surface area contributed by atoms with Crippen LogP contribution in [0.2, 0.25) is 19.6 Å². The molecule has 1 N–H and O–H groups in total. The zero-order valence-corrected chi connectivity index (χ0v) is 16.6. The molecule has 2 nitrogen and oxygen atoms in total. The van der Waals surface area contributed by atoms with Gasteiger partial charge in [-0.05, 0) is 43.0 Å². The molecule has 0 amide bonds. The molecule has 1 aromatic carbocycles. The van der Waals surface area contributed by atoms with E-state index in [2.05, 4.69) is 84.6 Å². The van der Waals surface area contributed by atoms with Gasteiger partial charge < -0.3 is 9.55 Å². The van der Waals surface area contributed by atoms with Crippen molar-refractivity contribution in [2.75, 3.05) is 0 Å². The third-order valence-corrected chi connectivity index (χ3v) is 7.08. The summed E-state index contributed by atoms with van der Waals surface area (Å²) >= 11 is 0. The molecule has 2 heterocycles. The summed E-state index contributed by atoms with van der Waals surface area (Å²) < 4.78 is 2.23. The van der Waals surface area contributed by atoms with Crippen LogP contribution in [0.3, 0.4) is 0 Å². The largest absolute Gasteiger partial charge is 0.354 e. The highest BCUT2D eigenvalue weighted by atomic mass is 28.3. The minimum atomic E-state index is -1.52. The second-order valence-corrected chi connectivity index (χ2v) is 13.1. The minimum Gasteiger partial charge on any atom is -0.354 e. The van der Waals surface area contributed by atoms with E-state index in [1.165, 1.54) is 45.0 Å². The van der Waals surface area contributed by atoms with Gasteiger partial charge in [0.25, 0.3) is 0 Å². The molecule has 1 aliphatic rings. The van der Waals surface area contributed by atoms with E-state index >= 15 is 0 Å². The van der Waals surface area contributed by atoms with Crippen molar-refractivity contribution in [2.24, 2.45) is 7.05 Å². The molecule has 0 saturated carbocycles. The molecule has 0 fully saturated rings. The lowest BCUT2D eigenvalue weighted by Gasteiger charge is -2.21. The molecule has 0 spiro atoms. The van der Waals surface area contributed by atoms with Gasteiger partial charge in [0.05, 0.1) is 13.8 Å². The first-order valence-electron chi connectivity index (χ1n) is 9.17. The molecule has 128 valence electrons. The monoisotopic (exact) mass is 346 g/mol. The third-order valence-electron chi connectivity index (χ3n) is 5.19. The van der Waals surface area contributed by atoms with E-state index in [1.54, 1.807) is 0 Å². The Morgan fingerprint density at radius 3 is 2.60 bits per heavy atom. The smallest absolute Gasteiger partial charge is 0.0903 e. The minimum absolute atomic E-state index is 1.11. The Morgan fingerprint density at radius 2 is 1.88 bits per heavy atom. The molecule has 0 bridgehead atoms. The zero-order chi connectivity index (χ0) is 17.6. The first kappa shape index (κ1) is 16.3. The molecule has 3 heteroatoms. The van der Waals surface area contributed by atoms with E-state index in [9.17, 15) is 0 Å². The Hall–Kier alpha value is -2.22. The van der Waals surface area contributed by atoms with Gasteiger partial charge in [0.15, 0.2) is 0 Å². The number of hydrogen-bond acceptors (Lipinski definition) is 0. The van der Waals surface area contributed by atoms with E-state index in [0.717, 1.165) is 12.8 Å². The molecular weight excluding hydrogens is 320 g/mol. The average molecular weight is 347 g/mol. The Kier molecular flexibility index (Phi) is 3.86. The molecule has 0 aliphatic heterocycles. The number of aromatic amines is 1. The second-order valence-electron chi connectivity index (χ2n) is 8.11. The van der Waals surface area contributed by atoms with Crippen LogP contribution in [0.4, 0.5) is 0 Å². The summed E-state index contributed by atoms with van der Waals surface area (Å²) in [5, 5.41) is 2.80. The summed E-state index contributed by atoms with van der Waals surface area (Å²) in [4.78, 5) is 3.68. The van der Waals surface area contributed by atoms with E-state index in [1.807, 2.05) is 0 Å². The molecule has 1 aliphatic carbocycles. The van der Waals surface area contributed by atoms with Crippen LogP contribution >= 0.6 is 0 Å². The summed E-state index contributed by atoms with van der Waals surface area (Å²) in [7, 11) is 0.619. The maximum atomic E-state index is 3.90. The van der Waals surface area contributed by atoms with Gasteiger partial charge in [0.2, 0.25) is 0 Å². The fourth-order valence-electron chi connectivity index (χ4n) is 3.92. The van der Waals surface area contributed by atoms with Crippen molar-refractivity contribution < 1.29 is 0 Å². The maximum Gasteiger partial charge on any atom is 0.0903 e. The molecule has 3 aromatic rings. The van der Waals surface area contributed by atoms with Crippen molar-refractivity contribution in [3.63, 3.8) is 0 Å². The number of rotatable bonds is 2. The molecule has 25 heavy (non-hydrogen) atoms. The first-order chi connectivity index (χ1) is 11.9.